The van der Waals surface area contributed by atoms with Crippen LogP contribution in [0.3, 0.4) is 0 Å². The second kappa shape index (κ2) is 10.1. The van der Waals surface area contributed by atoms with Crippen LogP contribution in [0.15, 0.2) is 48.5 Å². The summed E-state index contributed by atoms with van der Waals surface area (Å²) in [7, 11) is 0. The first-order valence-electron chi connectivity index (χ1n) is 9.83. The SMILES string of the molecule is CCCC(=O)NCCCc1nc2ccccc2n1CC(=O)Nc1ccccc1Cl. The highest BCUT2D eigenvalue weighted by atomic mass is 35.5. The van der Waals surface area contributed by atoms with E-state index in [1.54, 1.807) is 12.1 Å². The molecule has 1 aromatic heterocycles. The molecule has 0 radical (unpaired) electrons. The van der Waals surface area contributed by atoms with Crippen LogP contribution in [0.1, 0.15) is 32.0 Å². The molecule has 2 N–H and O–H groups in total. The van der Waals surface area contributed by atoms with E-state index in [1.165, 1.54) is 0 Å². The maximum atomic E-state index is 12.6. The Morgan fingerprint density at radius 1 is 1.07 bits per heavy atom. The van der Waals surface area contributed by atoms with Gasteiger partial charge in [0.15, 0.2) is 0 Å². The van der Waals surface area contributed by atoms with Crippen molar-refractivity contribution in [3.63, 3.8) is 0 Å². The summed E-state index contributed by atoms with van der Waals surface area (Å²) < 4.78 is 1.93. The summed E-state index contributed by atoms with van der Waals surface area (Å²) in [6, 6.07) is 14.9. The normalized spacial score (nSPS) is 10.8. The van der Waals surface area contributed by atoms with Crippen molar-refractivity contribution in [3.8, 4) is 0 Å². The third kappa shape index (κ3) is 5.57. The second-order valence-electron chi connectivity index (χ2n) is 6.83. The van der Waals surface area contributed by atoms with Gasteiger partial charge >= 0.3 is 0 Å². The molecule has 0 spiro atoms. The van der Waals surface area contributed by atoms with Gasteiger partial charge in [-0.15, -0.1) is 0 Å². The molecule has 2 amide bonds. The van der Waals surface area contributed by atoms with Crippen LogP contribution in [-0.4, -0.2) is 27.9 Å². The molecule has 1 heterocycles. The number of anilines is 1. The first-order chi connectivity index (χ1) is 14.1. The minimum atomic E-state index is -0.168. The number of aryl methyl sites for hydroxylation is 1. The van der Waals surface area contributed by atoms with Crippen molar-refractivity contribution in [2.45, 2.75) is 39.2 Å². The van der Waals surface area contributed by atoms with Crippen LogP contribution in [0.5, 0.6) is 0 Å². The third-order valence-corrected chi connectivity index (χ3v) is 4.89. The molecule has 0 saturated carbocycles. The lowest BCUT2D eigenvalue weighted by Gasteiger charge is -2.11. The largest absolute Gasteiger partial charge is 0.356 e. The van der Waals surface area contributed by atoms with Gasteiger partial charge in [-0.2, -0.15) is 0 Å². The van der Waals surface area contributed by atoms with Gasteiger partial charge in [-0.25, -0.2) is 4.98 Å². The van der Waals surface area contributed by atoms with Gasteiger partial charge in [0.05, 0.1) is 21.7 Å². The molecule has 3 rings (SSSR count). The number of fused-ring (bicyclic) bond motifs is 1. The molecule has 0 fully saturated rings. The highest BCUT2D eigenvalue weighted by Gasteiger charge is 2.14. The monoisotopic (exact) mass is 412 g/mol. The Bertz CT molecular complexity index is 999. The third-order valence-electron chi connectivity index (χ3n) is 4.56. The van der Waals surface area contributed by atoms with Crippen LogP contribution in [0.2, 0.25) is 5.02 Å². The first kappa shape index (κ1) is 20.9. The summed E-state index contributed by atoms with van der Waals surface area (Å²) in [5.74, 6) is 0.726. The number of nitrogens with one attached hydrogen (secondary N) is 2. The molecule has 0 bridgehead atoms. The van der Waals surface area contributed by atoms with Crippen molar-refractivity contribution >= 4 is 40.1 Å². The fourth-order valence-electron chi connectivity index (χ4n) is 3.18. The Hall–Kier alpha value is -2.86. The predicted molar refractivity (Wildman–Crippen MR) is 116 cm³/mol. The molecule has 0 aliphatic rings. The maximum absolute atomic E-state index is 12.6. The molecule has 6 nitrogen and oxygen atoms in total. The molecule has 29 heavy (non-hydrogen) atoms. The quantitative estimate of drug-likeness (QED) is 0.518. The number of carbonyl (C=O) groups excluding carboxylic acids is 2. The number of hydrogen-bond acceptors (Lipinski definition) is 3. The van der Waals surface area contributed by atoms with Gasteiger partial charge in [0.2, 0.25) is 11.8 Å². The average molecular weight is 413 g/mol. The van der Waals surface area contributed by atoms with Crippen LogP contribution < -0.4 is 10.6 Å². The van der Waals surface area contributed by atoms with Crippen molar-refractivity contribution in [1.82, 2.24) is 14.9 Å². The zero-order valence-electron chi connectivity index (χ0n) is 16.5. The van der Waals surface area contributed by atoms with E-state index < -0.39 is 0 Å². The number of halogens is 1. The van der Waals surface area contributed by atoms with E-state index in [0.717, 1.165) is 29.7 Å². The summed E-state index contributed by atoms with van der Waals surface area (Å²) in [4.78, 5) is 28.9. The Morgan fingerprint density at radius 3 is 2.62 bits per heavy atom. The van der Waals surface area contributed by atoms with Gasteiger partial charge in [0.25, 0.3) is 0 Å². The number of amides is 2. The van der Waals surface area contributed by atoms with E-state index in [0.29, 0.717) is 30.1 Å². The Morgan fingerprint density at radius 2 is 1.83 bits per heavy atom. The van der Waals surface area contributed by atoms with Crippen molar-refractivity contribution in [3.05, 3.63) is 59.4 Å². The van der Waals surface area contributed by atoms with Crippen LogP contribution in [0.4, 0.5) is 5.69 Å². The Labute approximate surface area is 175 Å². The number of nitrogens with zero attached hydrogens (tertiary/aromatic N) is 2. The highest BCUT2D eigenvalue weighted by Crippen LogP contribution is 2.21. The van der Waals surface area contributed by atoms with E-state index in [-0.39, 0.29) is 18.4 Å². The van der Waals surface area contributed by atoms with Crippen LogP contribution in [-0.2, 0) is 22.6 Å². The Balaban J connectivity index is 1.70. The first-order valence-corrected chi connectivity index (χ1v) is 10.2. The molecule has 0 aliphatic carbocycles. The van der Waals surface area contributed by atoms with E-state index in [1.807, 2.05) is 47.9 Å². The van der Waals surface area contributed by atoms with Gasteiger partial charge in [-0.3, -0.25) is 9.59 Å². The summed E-state index contributed by atoms with van der Waals surface area (Å²) in [5, 5.41) is 6.28. The average Bonchev–Trinajstić information content (AvgIpc) is 3.05. The molecule has 7 heteroatoms. The number of benzene rings is 2. The standard InChI is InChI=1S/C22H25ClN4O2/c1-2-8-21(28)24-14-7-13-20-25-18-11-5-6-12-19(18)27(20)15-22(29)26-17-10-4-3-9-16(17)23/h3-6,9-12H,2,7-8,13-15H2,1H3,(H,24,28)(H,26,29). The zero-order valence-corrected chi connectivity index (χ0v) is 17.2. The van der Waals surface area contributed by atoms with Crippen LogP contribution in [0.25, 0.3) is 11.0 Å². The topological polar surface area (TPSA) is 76.0 Å². The van der Waals surface area contributed by atoms with E-state index in [4.69, 9.17) is 11.6 Å². The molecule has 0 aliphatic heterocycles. The lowest BCUT2D eigenvalue weighted by molar-refractivity contribution is -0.121. The summed E-state index contributed by atoms with van der Waals surface area (Å²) in [5.41, 5.74) is 2.35. The van der Waals surface area contributed by atoms with Crippen LogP contribution in [0, 0.1) is 0 Å². The maximum Gasteiger partial charge on any atom is 0.244 e. The van der Waals surface area contributed by atoms with Crippen molar-refractivity contribution < 1.29 is 9.59 Å². The zero-order chi connectivity index (χ0) is 20.6. The van der Waals surface area contributed by atoms with Crippen molar-refractivity contribution in [1.29, 1.82) is 0 Å². The van der Waals surface area contributed by atoms with Gasteiger partial charge in [0.1, 0.15) is 12.4 Å². The number of carbonyl (C=O) groups is 2. The van der Waals surface area contributed by atoms with Crippen molar-refractivity contribution in [2.75, 3.05) is 11.9 Å². The van der Waals surface area contributed by atoms with Gasteiger partial charge in [-0.05, 0) is 37.1 Å². The lowest BCUT2D eigenvalue weighted by Crippen LogP contribution is -2.25. The van der Waals surface area contributed by atoms with Gasteiger partial charge in [-0.1, -0.05) is 42.8 Å². The molecular weight excluding hydrogens is 388 g/mol. The molecule has 3 aromatic rings. The minimum absolute atomic E-state index is 0.0696. The van der Waals surface area contributed by atoms with Crippen LogP contribution >= 0.6 is 11.6 Å². The smallest absolute Gasteiger partial charge is 0.244 e. The Kier molecular flexibility index (Phi) is 7.25. The fourth-order valence-corrected chi connectivity index (χ4v) is 3.36. The molecule has 2 aromatic carbocycles. The van der Waals surface area contributed by atoms with E-state index in [2.05, 4.69) is 15.6 Å². The number of imidazole rings is 1. The van der Waals surface area contributed by atoms with Gasteiger partial charge in [0, 0.05) is 19.4 Å². The predicted octanol–water partition coefficient (Wildman–Crippen LogP) is 4.18. The summed E-state index contributed by atoms with van der Waals surface area (Å²) in [6.45, 7) is 2.72. The molecule has 0 unspecified atom stereocenters. The molecular formula is C22H25ClN4O2. The molecule has 0 atom stereocenters. The fraction of sp³-hybridized carbons (Fsp3) is 0.318. The number of rotatable bonds is 9. The number of aromatic nitrogens is 2. The second-order valence-corrected chi connectivity index (χ2v) is 7.24. The minimum Gasteiger partial charge on any atom is -0.356 e. The van der Waals surface area contributed by atoms with Gasteiger partial charge < -0.3 is 15.2 Å². The molecule has 0 saturated heterocycles. The lowest BCUT2D eigenvalue weighted by atomic mass is 10.2. The molecule has 152 valence electrons. The van der Waals surface area contributed by atoms with Crippen molar-refractivity contribution in [2.24, 2.45) is 0 Å². The number of para-hydroxylation sites is 3. The number of hydrogen-bond donors (Lipinski definition) is 2. The summed E-state index contributed by atoms with van der Waals surface area (Å²) >= 11 is 6.14. The summed E-state index contributed by atoms with van der Waals surface area (Å²) in [6.07, 6.45) is 2.80. The van der Waals surface area contributed by atoms with E-state index >= 15 is 0 Å². The van der Waals surface area contributed by atoms with E-state index in [9.17, 15) is 9.59 Å². The highest BCUT2D eigenvalue weighted by molar-refractivity contribution is 6.33.